The van der Waals surface area contributed by atoms with Gasteiger partial charge in [0.25, 0.3) is 5.91 Å². The molecule has 0 aliphatic carbocycles. The molecule has 0 saturated heterocycles. The van der Waals surface area contributed by atoms with Gasteiger partial charge in [0.05, 0.1) is 18.0 Å². The second kappa shape index (κ2) is 11.1. The molecule has 5 rings (SSSR count). The average Bonchev–Trinajstić information content (AvgIpc) is 3.54. The summed E-state index contributed by atoms with van der Waals surface area (Å²) in [5.41, 5.74) is 1.86. The molecule has 188 valence electrons. The fourth-order valence-electron chi connectivity index (χ4n) is 3.99. The molecule has 2 aromatic carbocycles. The molecule has 3 amide bonds. The molecule has 0 saturated carbocycles. The predicted molar refractivity (Wildman–Crippen MR) is 144 cm³/mol. The Bertz CT molecular complexity index is 1390. The van der Waals surface area contributed by atoms with Gasteiger partial charge in [-0.25, -0.2) is 9.38 Å². The summed E-state index contributed by atoms with van der Waals surface area (Å²) in [5, 5.41) is 8.01. The molecule has 2 aliphatic heterocycles. The molecule has 1 aromatic heterocycles. The molecule has 8 nitrogen and oxygen atoms in total. The van der Waals surface area contributed by atoms with E-state index in [9.17, 15) is 18.8 Å². The highest BCUT2D eigenvalue weighted by Crippen LogP contribution is 2.35. The van der Waals surface area contributed by atoms with Crippen LogP contribution in [0.15, 0.2) is 76.0 Å². The molecular formula is C26H22FN5O3S2. The highest BCUT2D eigenvalue weighted by molar-refractivity contribution is 8.14. The van der Waals surface area contributed by atoms with Gasteiger partial charge in [-0.2, -0.15) is 4.99 Å². The van der Waals surface area contributed by atoms with E-state index in [0.717, 1.165) is 10.4 Å². The van der Waals surface area contributed by atoms with E-state index in [-0.39, 0.29) is 42.1 Å². The first-order chi connectivity index (χ1) is 18.0. The average molecular weight is 536 g/mol. The van der Waals surface area contributed by atoms with E-state index in [4.69, 9.17) is 4.99 Å². The van der Waals surface area contributed by atoms with Crippen molar-refractivity contribution in [3.63, 3.8) is 0 Å². The summed E-state index contributed by atoms with van der Waals surface area (Å²) in [5.74, 6) is -0.699. The summed E-state index contributed by atoms with van der Waals surface area (Å²) in [6.07, 6.45) is 0.400. The summed E-state index contributed by atoms with van der Waals surface area (Å²) in [7, 11) is 0. The van der Waals surface area contributed by atoms with Gasteiger partial charge >= 0.3 is 0 Å². The number of thiophene rings is 1. The number of para-hydroxylation sites is 1. The van der Waals surface area contributed by atoms with Crippen LogP contribution in [0.25, 0.3) is 0 Å². The lowest BCUT2D eigenvalue weighted by atomic mass is 10.1. The third kappa shape index (κ3) is 5.78. The summed E-state index contributed by atoms with van der Waals surface area (Å²) < 4.78 is 13.1. The summed E-state index contributed by atoms with van der Waals surface area (Å²) in [4.78, 5) is 49.7. The van der Waals surface area contributed by atoms with E-state index in [2.05, 4.69) is 15.6 Å². The number of fused-ring (bicyclic) bond motifs is 3. The fraction of sp³-hybridized carbons (Fsp3) is 0.192. The molecule has 0 bridgehead atoms. The zero-order valence-corrected chi connectivity index (χ0v) is 21.2. The first kappa shape index (κ1) is 24.8. The van der Waals surface area contributed by atoms with Crippen molar-refractivity contribution >= 4 is 63.2 Å². The van der Waals surface area contributed by atoms with E-state index in [1.807, 2.05) is 41.8 Å². The van der Waals surface area contributed by atoms with Crippen LogP contribution in [0.2, 0.25) is 0 Å². The van der Waals surface area contributed by atoms with Crippen LogP contribution in [0.5, 0.6) is 0 Å². The number of rotatable bonds is 8. The van der Waals surface area contributed by atoms with Crippen LogP contribution in [-0.4, -0.2) is 45.4 Å². The van der Waals surface area contributed by atoms with Crippen LogP contribution in [0.1, 0.15) is 23.3 Å². The molecule has 0 radical (unpaired) electrons. The van der Waals surface area contributed by atoms with Gasteiger partial charge in [-0.15, -0.1) is 11.3 Å². The number of hydrogen-bond acceptors (Lipinski definition) is 7. The quantitative estimate of drug-likeness (QED) is 0.447. The molecule has 0 spiro atoms. The number of thioether (sulfide) groups is 1. The first-order valence-electron chi connectivity index (χ1n) is 11.5. The Morgan fingerprint density at radius 3 is 2.62 bits per heavy atom. The number of amides is 3. The topological polar surface area (TPSA) is 103 Å². The summed E-state index contributed by atoms with van der Waals surface area (Å²) >= 11 is 2.74. The normalized spacial score (nSPS) is 16.0. The minimum Gasteiger partial charge on any atom is -0.351 e. The van der Waals surface area contributed by atoms with Gasteiger partial charge in [0.15, 0.2) is 5.17 Å². The van der Waals surface area contributed by atoms with Crippen LogP contribution >= 0.6 is 23.1 Å². The number of carbonyl (C=O) groups excluding carboxylic acids is 3. The largest absolute Gasteiger partial charge is 0.351 e. The summed E-state index contributed by atoms with van der Waals surface area (Å²) in [6, 6.07) is 16.0. The first-order valence-corrected chi connectivity index (χ1v) is 13.4. The lowest BCUT2D eigenvalue weighted by molar-refractivity contribution is -0.122. The summed E-state index contributed by atoms with van der Waals surface area (Å²) in [6.45, 7) is 0.444. The van der Waals surface area contributed by atoms with E-state index in [1.165, 1.54) is 36.0 Å². The van der Waals surface area contributed by atoms with Crippen molar-refractivity contribution < 1.29 is 18.8 Å². The van der Waals surface area contributed by atoms with Gasteiger partial charge in [-0.05, 0) is 54.3 Å². The molecule has 3 aromatic rings. The number of benzene rings is 2. The van der Waals surface area contributed by atoms with Crippen molar-refractivity contribution in [1.29, 1.82) is 0 Å². The number of carbonyl (C=O) groups is 3. The standard InChI is InChI=1S/C26H22FN5O3S2/c27-16-7-9-17(10-8-16)29-23(34)15-37-26-30-20-6-2-1-5-19(20)24-31-25(35)21(32(24)26)11-12-22(33)28-14-18-4-3-13-36-18/h1-10,13,21H,11-12,14-15H2,(H,28,33)(H,29,34). The smallest absolute Gasteiger partial charge is 0.270 e. The van der Waals surface area contributed by atoms with Crippen LogP contribution in [0.4, 0.5) is 15.8 Å². The minimum absolute atomic E-state index is 0.0182. The highest BCUT2D eigenvalue weighted by Gasteiger charge is 2.41. The third-order valence-electron chi connectivity index (χ3n) is 5.75. The van der Waals surface area contributed by atoms with E-state index in [1.54, 1.807) is 16.2 Å². The molecular weight excluding hydrogens is 513 g/mol. The zero-order valence-electron chi connectivity index (χ0n) is 19.5. The Morgan fingerprint density at radius 2 is 1.84 bits per heavy atom. The van der Waals surface area contributed by atoms with E-state index in [0.29, 0.717) is 28.9 Å². The molecule has 3 heterocycles. The van der Waals surface area contributed by atoms with Crippen molar-refractivity contribution in [3.05, 3.63) is 82.3 Å². The number of amidine groups is 2. The third-order valence-corrected chi connectivity index (χ3v) is 7.58. The van der Waals surface area contributed by atoms with Gasteiger partial charge in [-0.3, -0.25) is 19.3 Å². The zero-order chi connectivity index (χ0) is 25.8. The maximum Gasteiger partial charge on any atom is 0.270 e. The Balaban J connectivity index is 1.28. The molecule has 0 fully saturated rings. The Morgan fingerprint density at radius 1 is 1.03 bits per heavy atom. The van der Waals surface area contributed by atoms with Gasteiger partial charge in [0.2, 0.25) is 11.8 Å². The monoisotopic (exact) mass is 535 g/mol. The molecule has 37 heavy (non-hydrogen) atoms. The second-order valence-corrected chi connectivity index (χ2v) is 10.3. The van der Waals surface area contributed by atoms with Gasteiger partial charge in [-0.1, -0.05) is 30.0 Å². The minimum atomic E-state index is -0.692. The van der Waals surface area contributed by atoms with Crippen molar-refractivity contribution in [2.75, 3.05) is 11.1 Å². The van der Waals surface area contributed by atoms with Crippen molar-refractivity contribution in [1.82, 2.24) is 10.2 Å². The van der Waals surface area contributed by atoms with Crippen LogP contribution in [-0.2, 0) is 20.9 Å². The molecule has 2 aliphatic rings. The van der Waals surface area contributed by atoms with Crippen LogP contribution in [0, 0.1) is 5.82 Å². The number of hydrogen-bond donors (Lipinski definition) is 2. The lowest BCUT2D eigenvalue weighted by Gasteiger charge is -2.31. The van der Waals surface area contributed by atoms with Gasteiger partial charge in [0, 0.05) is 22.5 Å². The Hall–Kier alpha value is -3.83. The SMILES string of the molecule is O=C(CCC1C(=O)N=C2c3ccccc3N=C(SCC(=O)Nc3ccc(F)cc3)N21)NCc1cccs1. The number of anilines is 1. The van der Waals surface area contributed by atoms with Crippen molar-refractivity contribution in [3.8, 4) is 0 Å². The van der Waals surface area contributed by atoms with Crippen LogP contribution in [0.3, 0.4) is 0 Å². The number of halogens is 1. The van der Waals surface area contributed by atoms with Crippen molar-refractivity contribution in [2.24, 2.45) is 9.98 Å². The van der Waals surface area contributed by atoms with E-state index >= 15 is 0 Å². The number of aliphatic imine (C=N–C) groups is 2. The van der Waals surface area contributed by atoms with E-state index < -0.39 is 6.04 Å². The number of nitrogens with zero attached hydrogens (tertiary/aromatic N) is 3. The fourth-order valence-corrected chi connectivity index (χ4v) is 5.48. The predicted octanol–water partition coefficient (Wildman–Crippen LogP) is 4.31. The van der Waals surface area contributed by atoms with Gasteiger partial charge in [0.1, 0.15) is 17.7 Å². The highest BCUT2D eigenvalue weighted by atomic mass is 32.2. The molecule has 11 heteroatoms. The Kier molecular flexibility index (Phi) is 7.42. The number of nitrogens with one attached hydrogen (secondary N) is 2. The lowest BCUT2D eigenvalue weighted by Crippen LogP contribution is -2.44. The Labute approximate surface area is 220 Å². The van der Waals surface area contributed by atoms with Gasteiger partial charge < -0.3 is 10.6 Å². The molecule has 1 unspecified atom stereocenters. The van der Waals surface area contributed by atoms with Crippen LogP contribution < -0.4 is 10.6 Å². The maximum atomic E-state index is 13.1. The molecule has 1 atom stereocenters. The second-order valence-electron chi connectivity index (χ2n) is 8.31. The molecule has 2 N–H and O–H groups in total. The van der Waals surface area contributed by atoms with Crippen molar-refractivity contribution in [2.45, 2.75) is 25.4 Å². The maximum absolute atomic E-state index is 13.1.